The number of carbonyl (C=O) groups excluding carboxylic acids is 1. The molecule has 5 rings (SSSR count). The molecule has 0 aliphatic carbocycles. The van der Waals surface area contributed by atoms with Crippen LogP contribution < -0.4 is 14.6 Å². The number of halogens is 1. The lowest BCUT2D eigenvalue weighted by Crippen LogP contribution is -2.28. The first-order valence-electron chi connectivity index (χ1n) is 14.5. The number of hydrogen-bond donors (Lipinski definition) is 2. The van der Waals surface area contributed by atoms with Crippen molar-refractivity contribution in [3.05, 3.63) is 101 Å². The molecule has 5 aromatic rings. The van der Waals surface area contributed by atoms with Gasteiger partial charge >= 0.3 is 5.97 Å². The molecule has 0 radical (unpaired) electrons. The molecule has 2 atom stereocenters. The number of alkyl halides is 1. The van der Waals surface area contributed by atoms with Crippen LogP contribution in [0.5, 0.6) is 11.5 Å². The monoisotopic (exact) mass is 692 g/mol. The molecule has 0 aliphatic heterocycles. The maximum atomic E-state index is 13.8. The van der Waals surface area contributed by atoms with Gasteiger partial charge in [0.2, 0.25) is 4.34 Å². The van der Waals surface area contributed by atoms with Crippen LogP contribution in [0.3, 0.4) is 0 Å². The molecule has 0 unspecified atom stereocenters. The molecule has 2 heterocycles. The zero-order valence-electron chi connectivity index (χ0n) is 25.2. The van der Waals surface area contributed by atoms with Crippen molar-refractivity contribution in [2.75, 3.05) is 13.3 Å². The predicted octanol–water partition coefficient (Wildman–Crippen LogP) is 4.70. The van der Waals surface area contributed by atoms with Crippen molar-refractivity contribution in [2.45, 2.75) is 36.3 Å². The van der Waals surface area contributed by atoms with Crippen molar-refractivity contribution in [3.63, 3.8) is 0 Å². The number of nitrogens with zero attached hydrogens (tertiary/aromatic N) is 5. The highest BCUT2D eigenvalue weighted by Gasteiger charge is 2.29. The van der Waals surface area contributed by atoms with Crippen LogP contribution in [0, 0.1) is 12.5 Å². The van der Waals surface area contributed by atoms with Crippen LogP contribution in [0.15, 0.2) is 77.3 Å². The SMILES string of the molecule is [C-]#[N+]c1ccc(C[C@H](CC(=O)[C@H](Cc2ccc(OCCF)cc2)n2cc(COc3ccc4nc(S(N)(=O)=O)sc4c3)nn2)C(=O)O)cc1. The number of fused-ring (bicyclic) bond motifs is 1. The Bertz CT molecular complexity index is 2060. The second-order valence-electron chi connectivity index (χ2n) is 10.7. The number of carbonyl (C=O) groups is 2. The number of rotatable bonds is 16. The summed E-state index contributed by atoms with van der Waals surface area (Å²) in [7, 11) is -3.95. The minimum Gasteiger partial charge on any atom is -0.491 e. The van der Waals surface area contributed by atoms with Gasteiger partial charge in [-0.25, -0.2) is 32.5 Å². The van der Waals surface area contributed by atoms with E-state index in [4.69, 9.17) is 21.2 Å². The Morgan fingerprint density at radius 1 is 1.02 bits per heavy atom. The van der Waals surface area contributed by atoms with Crippen molar-refractivity contribution >= 4 is 49.0 Å². The van der Waals surface area contributed by atoms with Crippen LogP contribution >= 0.6 is 11.3 Å². The van der Waals surface area contributed by atoms with Gasteiger partial charge < -0.3 is 14.6 Å². The largest absolute Gasteiger partial charge is 0.491 e. The van der Waals surface area contributed by atoms with E-state index in [1.165, 1.54) is 4.68 Å². The molecule has 0 aliphatic rings. The summed E-state index contributed by atoms with van der Waals surface area (Å²) in [5, 5.41) is 23.5. The lowest BCUT2D eigenvalue weighted by Gasteiger charge is -2.19. The predicted molar refractivity (Wildman–Crippen MR) is 173 cm³/mol. The number of ether oxygens (including phenoxy) is 2. The van der Waals surface area contributed by atoms with Crippen molar-refractivity contribution < 1.29 is 37.0 Å². The number of primary sulfonamides is 1. The molecule has 0 saturated heterocycles. The van der Waals surface area contributed by atoms with Gasteiger partial charge in [-0.15, -0.1) is 16.4 Å². The molecule has 0 bridgehead atoms. The highest BCUT2D eigenvalue weighted by Crippen LogP contribution is 2.29. The maximum absolute atomic E-state index is 13.8. The van der Waals surface area contributed by atoms with E-state index in [9.17, 15) is 27.5 Å². The van der Waals surface area contributed by atoms with Crippen LogP contribution in [0.25, 0.3) is 15.1 Å². The molecule has 48 heavy (non-hydrogen) atoms. The molecule has 13 nitrogen and oxygen atoms in total. The maximum Gasteiger partial charge on any atom is 0.307 e. The fourth-order valence-electron chi connectivity index (χ4n) is 4.86. The van der Waals surface area contributed by atoms with Crippen LogP contribution in [0.2, 0.25) is 0 Å². The molecular formula is C32H29FN6O7S2. The average Bonchev–Trinajstić information content (AvgIpc) is 3.73. The van der Waals surface area contributed by atoms with Gasteiger partial charge in [0.05, 0.1) is 28.9 Å². The number of sulfonamides is 1. The molecule has 3 aromatic carbocycles. The fourth-order valence-corrected chi connectivity index (χ4v) is 6.54. The number of aromatic nitrogens is 4. The number of carboxylic acids is 1. The standard InChI is InChI=1S/C32H29FN6O7S2/c1-35-23-6-2-20(3-7-23)14-22(31(41)42)16-29(40)28(15-21-4-8-25(9-5-21)45-13-12-33)39-18-24(37-38-39)19-46-26-10-11-27-30(17-26)47-32(36-27)48(34,43)44/h2-11,17-18,22,28H,12-16,19H2,(H,41,42)(H2,34,43,44)/t22-,28+/m1/s1. The summed E-state index contributed by atoms with van der Waals surface area (Å²) in [6.07, 6.45) is 1.51. The molecule has 248 valence electrons. The van der Waals surface area contributed by atoms with Gasteiger partial charge in [0.25, 0.3) is 10.0 Å². The van der Waals surface area contributed by atoms with Crippen LogP contribution in [-0.4, -0.2) is 58.5 Å². The van der Waals surface area contributed by atoms with E-state index in [1.807, 2.05) is 0 Å². The summed E-state index contributed by atoms with van der Waals surface area (Å²) in [4.78, 5) is 33.4. The summed E-state index contributed by atoms with van der Waals surface area (Å²) in [5.74, 6) is -1.66. The van der Waals surface area contributed by atoms with Crippen molar-refractivity contribution in [2.24, 2.45) is 11.1 Å². The smallest absolute Gasteiger partial charge is 0.307 e. The van der Waals surface area contributed by atoms with E-state index < -0.39 is 34.6 Å². The fraction of sp³-hybridized carbons (Fsp3) is 0.250. The number of Topliss-reactive ketones (excluding diaryl/α,β-unsaturated/α-hetero) is 1. The van der Waals surface area contributed by atoms with Gasteiger partial charge in [-0.3, -0.25) is 9.59 Å². The number of carboxylic acid groups (broad SMARTS) is 1. The Kier molecular flexibility index (Phi) is 10.7. The second kappa shape index (κ2) is 15.1. The van der Waals surface area contributed by atoms with Crippen LogP contribution in [0.1, 0.15) is 29.3 Å². The van der Waals surface area contributed by atoms with E-state index >= 15 is 0 Å². The minimum atomic E-state index is -3.95. The third-order valence-corrected chi connectivity index (χ3v) is 9.60. The van der Waals surface area contributed by atoms with E-state index in [1.54, 1.807) is 72.9 Å². The van der Waals surface area contributed by atoms with Gasteiger partial charge in [-0.05, 0) is 47.9 Å². The first-order chi connectivity index (χ1) is 23.0. The van der Waals surface area contributed by atoms with E-state index in [0.29, 0.717) is 38.7 Å². The molecule has 0 saturated carbocycles. The summed E-state index contributed by atoms with van der Waals surface area (Å²) >= 11 is 0.914. The Morgan fingerprint density at radius 2 is 1.71 bits per heavy atom. The zero-order valence-corrected chi connectivity index (χ0v) is 26.9. The summed E-state index contributed by atoms with van der Waals surface area (Å²) in [5.41, 5.74) is 2.67. The summed E-state index contributed by atoms with van der Waals surface area (Å²) in [6.45, 7) is 6.36. The number of aliphatic carboxylic acids is 1. The number of thiazole rings is 1. The van der Waals surface area contributed by atoms with Gasteiger partial charge in [-0.1, -0.05) is 41.6 Å². The van der Waals surface area contributed by atoms with Crippen LogP contribution in [-0.2, 0) is 39.1 Å². The second-order valence-corrected chi connectivity index (χ2v) is 13.5. The first kappa shape index (κ1) is 34.1. The Hall–Kier alpha value is -5.24. The quantitative estimate of drug-likeness (QED) is 0.138. The normalized spacial score (nSPS) is 12.7. The number of ketones is 1. The van der Waals surface area contributed by atoms with Crippen LogP contribution in [0.4, 0.5) is 10.1 Å². The average molecular weight is 693 g/mol. The summed E-state index contributed by atoms with van der Waals surface area (Å²) < 4.78 is 48.7. The Balaban J connectivity index is 1.34. The van der Waals surface area contributed by atoms with Gasteiger partial charge in [0.1, 0.15) is 43.1 Å². The van der Waals surface area contributed by atoms with Crippen molar-refractivity contribution in [3.8, 4) is 11.5 Å². The molecule has 0 amide bonds. The Morgan fingerprint density at radius 3 is 2.38 bits per heavy atom. The number of nitrogens with two attached hydrogens (primary N) is 1. The molecular weight excluding hydrogens is 664 g/mol. The zero-order chi connectivity index (χ0) is 34.3. The first-order valence-corrected chi connectivity index (χ1v) is 16.8. The lowest BCUT2D eigenvalue weighted by molar-refractivity contribution is -0.144. The molecule has 16 heteroatoms. The highest BCUT2D eigenvalue weighted by molar-refractivity contribution is 7.91. The van der Waals surface area contributed by atoms with E-state index in [0.717, 1.165) is 16.9 Å². The Labute approximate surface area is 278 Å². The van der Waals surface area contributed by atoms with E-state index in [2.05, 4.69) is 20.1 Å². The minimum absolute atomic E-state index is 0.0355. The summed E-state index contributed by atoms with van der Waals surface area (Å²) in [6, 6.07) is 17.3. The van der Waals surface area contributed by atoms with Crippen molar-refractivity contribution in [1.29, 1.82) is 0 Å². The van der Waals surface area contributed by atoms with Gasteiger partial charge in [0.15, 0.2) is 11.5 Å². The lowest BCUT2D eigenvalue weighted by atomic mass is 9.90. The number of benzene rings is 3. The van der Waals surface area contributed by atoms with Gasteiger partial charge in [-0.2, -0.15) is 0 Å². The number of hydrogen-bond acceptors (Lipinski definition) is 10. The topological polar surface area (TPSA) is 181 Å². The van der Waals surface area contributed by atoms with Crippen molar-refractivity contribution in [1.82, 2.24) is 20.0 Å². The molecule has 0 fully saturated rings. The highest BCUT2D eigenvalue weighted by atomic mass is 32.2. The van der Waals surface area contributed by atoms with Gasteiger partial charge in [0, 0.05) is 12.8 Å². The third-order valence-electron chi connectivity index (χ3n) is 7.26. The molecule has 0 spiro atoms. The third kappa shape index (κ3) is 8.76. The molecule has 3 N–H and O–H groups in total. The molecule has 2 aromatic heterocycles. The van der Waals surface area contributed by atoms with E-state index in [-0.39, 0.29) is 42.6 Å².